The Morgan fingerprint density at radius 1 is 1.36 bits per heavy atom. The lowest BCUT2D eigenvalue weighted by Crippen LogP contribution is -2.10. The monoisotopic (exact) mass is 198 g/mol. The van der Waals surface area contributed by atoms with Crippen LogP contribution in [0.25, 0.3) is 0 Å². The molecule has 1 aliphatic rings. The van der Waals surface area contributed by atoms with Crippen molar-refractivity contribution in [3.63, 3.8) is 0 Å². The molecule has 0 radical (unpaired) electrons. The zero-order valence-corrected chi connectivity index (χ0v) is 9.80. The fourth-order valence-electron chi connectivity index (χ4n) is 2.41. The van der Waals surface area contributed by atoms with Gasteiger partial charge in [0.25, 0.3) is 0 Å². The van der Waals surface area contributed by atoms with Gasteiger partial charge in [-0.3, -0.25) is 4.79 Å². The van der Waals surface area contributed by atoms with Crippen molar-refractivity contribution < 1.29 is 9.53 Å². The third-order valence-electron chi connectivity index (χ3n) is 3.46. The number of carbonyl (C=O) groups is 1. The highest BCUT2D eigenvalue weighted by atomic mass is 16.5. The van der Waals surface area contributed by atoms with E-state index in [2.05, 4.69) is 20.8 Å². The first kappa shape index (κ1) is 11.5. The van der Waals surface area contributed by atoms with E-state index in [-0.39, 0.29) is 17.3 Å². The molecule has 0 aliphatic heterocycles. The van der Waals surface area contributed by atoms with Crippen molar-refractivity contribution in [1.29, 1.82) is 0 Å². The van der Waals surface area contributed by atoms with Gasteiger partial charge < -0.3 is 4.74 Å². The smallest absolute Gasteiger partial charge is 0.309 e. The highest BCUT2D eigenvalue weighted by molar-refractivity contribution is 5.77. The first-order chi connectivity index (χ1) is 6.55. The van der Waals surface area contributed by atoms with E-state index in [1.807, 2.05) is 6.92 Å². The minimum atomic E-state index is 0.0126. The molecular weight excluding hydrogens is 176 g/mol. The number of carbonyl (C=O) groups excluding carboxylic acids is 1. The van der Waals surface area contributed by atoms with Gasteiger partial charge in [0.15, 0.2) is 0 Å². The van der Waals surface area contributed by atoms with Crippen molar-refractivity contribution in [2.75, 3.05) is 6.61 Å². The summed E-state index contributed by atoms with van der Waals surface area (Å²) in [5.41, 5.74) is 0.182. The van der Waals surface area contributed by atoms with Crippen molar-refractivity contribution in [2.24, 2.45) is 17.3 Å². The predicted molar refractivity (Wildman–Crippen MR) is 56.9 cm³/mol. The van der Waals surface area contributed by atoms with E-state index in [1.54, 1.807) is 0 Å². The molecule has 2 atom stereocenters. The molecule has 1 saturated carbocycles. The Hall–Kier alpha value is -0.530. The van der Waals surface area contributed by atoms with Gasteiger partial charge in [0.2, 0.25) is 0 Å². The summed E-state index contributed by atoms with van der Waals surface area (Å²) < 4.78 is 5.07. The van der Waals surface area contributed by atoms with E-state index in [0.29, 0.717) is 12.5 Å². The van der Waals surface area contributed by atoms with Crippen LogP contribution >= 0.6 is 0 Å². The van der Waals surface area contributed by atoms with E-state index in [9.17, 15) is 4.79 Å². The zero-order valence-electron chi connectivity index (χ0n) is 9.80. The van der Waals surface area contributed by atoms with Gasteiger partial charge in [-0.05, 0) is 24.7 Å². The molecule has 1 fully saturated rings. The normalized spacial score (nSPS) is 28.6. The maximum absolute atomic E-state index is 11.6. The van der Waals surface area contributed by atoms with E-state index in [4.69, 9.17) is 4.74 Å². The lowest BCUT2D eigenvalue weighted by molar-refractivity contribution is -0.145. The van der Waals surface area contributed by atoms with E-state index < -0.39 is 0 Å². The van der Waals surface area contributed by atoms with Crippen LogP contribution in [0.15, 0.2) is 0 Å². The van der Waals surface area contributed by atoms with Crippen LogP contribution in [0.3, 0.4) is 0 Å². The minimum absolute atomic E-state index is 0.0126. The Labute approximate surface area is 87.0 Å². The number of ether oxygens (including phenoxy) is 1. The molecule has 0 N–H and O–H groups in total. The Kier molecular flexibility index (Phi) is 3.57. The van der Waals surface area contributed by atoms with E-state index in [1.165, 1.54) is 19.3 Å². The van der Waals surface area contributed by atoms with Gasteiger partial charge in [-0.1, -0.05) is 33.6 Å². The van der Waals surface area contributed by atoms with Gasteiger partial charge in [-0.15, -0.1) is 0 Å². The van der Waals surface area contributed by atoms with Gasteiger partial charge >= 0.3 is 5.97 Å². The van der Waals surface area contributed by atoms with Crippen molar-refractivity contribution >= 4 is 5.97 Å². The quantitative estimate of drug-likeness (QED) is 0.635. The lowest BCUT2D eigenvalue weighted by Gasteiger charge is -2.01. The summed E-state index contributed by atoms with van der Waals surface area (Å²) >= 11 is 0. The molecule has 0 saturated heterocycles. The van der Waals surface area contributed by atoms with E-state index >= 15 is 0 Å². The fraction of sp³-hybridized carbons (Fsp3) is 0.917. The molecule has 0 aromatic rings. The summed E-state index contributed by atoms with van der Waals surface area (Å²) in [7, 11) is 0. The molecule has 0 spiro atoms. The van der Waals surface area contributed by atoms with Crippen LogP contribution in [0.1, 0.15) is 47.0 Å². The number of hydrogen-bond acceptors (Lipinski definition) is 2. The summed E-state index contributed by atoms with van der Waals surface area (Å²) in [6.45, 7) is 8.92. The molecule has 2 heteroatoms. The van der Waals surface area contributed by atoms with E-state index in [0.717, 1.165) is 0 Å². The first-order valence-electron chi connectivity index (χ1n) is 5.72. The summed E-state index contributed by atoms with van der Waals surface area (Å²) in [6.07, 6.45) is 3.61. The second-order valence-electron chi connectivity index (χ2n) is 4.80. The second-order valence-corrected chi connectivity index (χ2v) is 4.80. The minimum Gasteiger partial charge on any atom is -0.466 e. The van der Waals surface area contributed by atoms with Crippen molar-refractivity contribution in [2.45, 2.75) is 47.0 Å². The average Bonchev–Trinajstić information content (AvgIpc) is 2.65. The summed E-state index contributed by atoms with van der Waals surface area (Å²) in [4.78, 5) is 11.6. The maximum atomic E-state index is 11.6. The Morgan fingerprint density at radius 2 is 2.00 bits per heavy atom. The molecule has 0 bridgehead atoms. The standard InChI is InChI=1S/C12H22O2/c1-5-7-8-9-10(12(9,3)4)11(13)14-6-2/h9-10H,5-8H2,1-4H3/t9-,10+/m1/s1. The summed E-state index contributed by atoms with van der Waals surface area (Å²) in [5.74, 6) is 0.731. The molecule has 0 aromatic heterocycles. The molecule has 1 rings (SSSR count). The molecule has 2 nitrogen and oxygen atoms in total. The van der Waals surface area contributed by atoms with Gasteiger partial charge in [-0.25, -0.2) is 0 Å². The third-order valence-corrected chi connectivity index (χ3v) is 3.46. The molecule has 1 aliphatic carbocycles. The third kappa shape index (κ3) is 2.10. The second kappa shape index (κ2) is 4.33. The highest BCUT2D eigenvalue weighted by Crippen LogP contribution is 2.60. The van der Waals surface area contributed by atoms with Crippen LogP contribution in [0.5, 0.6) is 0 Å². The summed E-state index contributed by atoms with van der Waals surface area (Å²) in [5, 5.41) is 0. The topological polar surface area (TPSA) is 26.3 Å². The first-order valence-corrected chi connectivity index (χ1v) is 5.72. The lowest BCUT2D eigenvalue weighted by atomic mass is 10.1. The van der Waals surface area contributed by atoms with Gasteiger partial charge in [0.05, 0.1) is 12.5 Å². The van der Waals surface area contributed by atoms with Gasteiger partial charge in [-0.2, -0.15) is 0 Å². The van der Waals surface area contributed by atoms with Crippen molar-refractivity contribution in [3.05, 3.63) is 0 Å². The molecule has 82 valence electrons. The Bertz CT molecular complexity index is 208. The molecule has 0 amide bonds. The van der Waals surface area contributed by atoms with Gasteiger partial charge in [0.1, 0.15) is 0 Å². The molecule has 0 heterocycles. The maximum Gasteiger partial charge on any atom is 0.309 e. The number of unbranched alkanes of at least 4 members (excludes halogenated alkanes) is 1. The molecular formula is C12H22O2. The van der Waals surface area contributed by atoms with Crippen LogP contribution in [0.2, 0.25) is 0 Å². The molecule has 14 heavy (non-hydrogen) atoms. The zero-order chi connectivity index (χ0) is 10.8. The predicted octanol–water partition coefficient (Wildman–Crippen LogP) is 3.01. The summed E-state index contributed by atoms with van der Waals surface area (Å²) in [6, 6.07) is 0. The highest BCUT2D eigenvalue weighted by Gasteiger charge is 2.61. The van der Waals surface area contributed by atoms with Crippen LogP contribution < -0.4 is 0 Å². The van der Waals surface area contributed by atoms with Crippen LogP contribution in [0.4, 0.5) is 0 Å². The molecule has 0 aromatic carbocycles. The molecule has 0 unspecified atom stereocenters. The van der Waals surface area contributed by atoms with Crippen molar-refractivity contribution in [1.82, 2.24) is 0 Å². The fourth-order valence-corrected chi connectivity index (χ4v) is 2.41. The Balaban J connectivity index is 2.44. The van der Waals surface area contributed by atoms with Crippen LogP contribution in [-0.2, 0) is 9.53 Å². The Morgan fingerprint density at radius 3 is 2.50 bits per heavy atom. The largest absolute Gasteiger partial charge is 0.466 e. The van der Waals surface area contributed by atoms with Crippen molar-refractivity contribution in [3.8, 4) is 0 Å². The SMILES string of the molecule is CCCC[C@@H]1[C@@H](C(=O)OCC)C1(C)C. The van der Waals surface area contributed by atoms with Crippen LogP contribution in [0, 0.1) is 17.3 Å². The average molecular weight is 198 g/mol. The number of rotatable bonds is 5. The number of hydrogen-bond donors (Lipinski definition) is 0. The van der Waals surface area contributed by atoms with Crippen LogP contribution in [-0.4, -0.2) is 12.6 Å². The number of esters is 1. The van der Waals surface area contributed by atoms with Gasteiger partial charge in [0, 0.05) is 0 Å².